The first kappa shape index (κ1) is 25.7. The fourth-order valence-electron chi connectivity index (χ4n) is 3.87. The number of anilines is 2. The van der Waals surface area contributed by atoms with Crippen LogP contribution in [-0.4, -0.2) is 28.5 Å². The van der Waals surface area contributed by atoms with E-state index in [-0.39, 0.29) is 24.0 Å². The van der Waals surface area contributed by atoms with E-state index in [0.29, 0.717) is 23.3 Å². The quantitative estimate of drug-likeness (QED) is 0.268. The number of nitrogens with zero attached hydrogens (tertiary/aromatic N) is 2. The van der Waals surface area contributed by atoms with Crippen molar-refractivity contribution in [3.05, 3.63) is 83.6 Å². The van der Waals surface area contributed by atoms with Gasteiger partial charge in [0.15, 0.2) is 0 Å². The van der Waals surface area contributed by atoms with Gasteiger partial charge in [-0.15, -0.1) is 0 Å². The lowest BCUT2D eigenvalue weighted by Crippen LogP contribution is -2.29. The Kier molecular flexibility index (Phi) is 7.42. The fourth-order valence-corrected chi connectivity index (χ4v) is 3.87. The van der Waals surface area contributed by atoms with Gasteiger partial charge in [0.05, 0.1) is 5.52 Å². The average molecular weight is 504 g/mol. The van der Waals surface area contributed by atoms with E-state index >= 15 is 0 Å². The highest BCUT2D eigenvalue weighted by atomic mass is 19.3. The van der Waals surface area contributed by atoms with Crippen LogP contribution in [0.15, 0.2) is 66.9 Å². The minimum absolute atomic E-state index is 0.139. The maximum atomic E-state index is 14.1. The maximum absolute atomic E-state index is 14.1. The van der Waals surface area contributed by atoms with Crippen LogP contribution in [0.4, 0.5) is 25.2 Å². The Bertz CT molecular complexity index is 1470. The SMILES string of the molecule is CCNC(=O)Nc1ncc2cc(-c3cc(C(=O)Nc4cccc(C(F)(F)CC)c4)ccc3C)ccc2n1. The highest BCUT2D eigenvalue weighted by Crippen LogP contribution is 2.33. The molecule has 0 unspecified atom stereocenters. The topological polar surface area (TPSA) is 96.0 Å². The number of hydrogen-bond donors (Lipinski definition) is 3. The summed E-state index contributed by atoms with van der Waals surface area (Å²) in [5, 5.41) is 8.70. The van der Waals surface area contributed by atoms with Gasteiger partial charge in [-0.1, -0.05) is 31.2 Å². The number of aryl methyl sites for hydroxylation is 1. The van der Waals surface area contributed by atoms with Crippen LogP contribution in [-0.2, 0) is 5.92 Å². The summed E-state index contributed by atoms with van der Waals surface area (Å²) in [5.41, 5.74) is 3.86. The van der Waals surface area contributed by atoms with E-state index in [4.69, 9.17) is 0 Å². The van der Waals surface area contributed by atoms with Crippen LogP contribution >= 0.6 is 0 Å². The largest absolute Gasteiger partial charge is 0.338 e. The van der Waals surface area contributed by atoms with Crippen molar-refractivity contribution in [1.82, 2.24) is 15.3 Å². The number of amides is 3. The van der Waals surface area contributed by atoms with E-state index in [0.717, 1.165) is 22.1 Å². The molecule has 1 aromatic heterocycles. The van der Waals surface area contributed by atoms with Gasteiger partial charge in [0, 0.05) is 41.4 Å². The Morgan fingerprint density at radius 2 is 1.78 bits per heavy atom. The molecule has 9 heteroatoms. The van der Waals surface area contributed by atoms with Crippen LogP contribution in [0.3, 0.4) is 0 Å². The van der Waals surface area contributed by atoms with Crippen molar-refractivity contribution in [2.45, 2.75) is 33.1 Å². The van der Waals surface area contributed by atoms with Crippen LogP contribution in [0, 0.1) is 6.92 Å². The van der Waals surface area contributed by atoms with Gasteiger partial charge in [-0.3, -0.25) is 10.1 Å². The standard InChI is InChI=1S/C28H27F2N5O2/c1-4-28(29,30)21-7-6-8-22(15-21)33-25(36)19-10-9-17(3)23(14-19)18-11-12-24-20(13-18)16-32-26(34-24)35-27(37)31-5-2/h6-16H,4-5H2,1-3H3,(H,33,36)(H2,31,32,34,35,37). The zero-order valence-corrected chi connectivity index (χ0v) is 20.7. The number of alkyl halides is 2. The lowest BCUT2D eigenvalue weighted by atomic mass is 9.97. The highest BCUT2D eigenvalue weighted by Gasteiger charge is 2.29. The van der Waals surface area contributed by atoms with E-state index in [2.05, 4.69) is 25.9 Å². The summed E-state index contributed by atoms with van der Waals surface area (Å²) in [4.78, 5) is 33.3. The molecule has 1 heterocycles. The molecule has 0 radical (unpaired) electrons. The van der Waals surface area contributed by atoms with Crippen molar-refractivity contribution in [2.24, 2.45) is 0 Å². The first-order valence-corrected chi connectivity index (χ1v) is 11.9. The third kappa shape index (κ3) is 5.88. The van der Waals surface area contributed by atoms with Crippen molar-refractivity contribution in [2.75, 3.05) is 17.2 Å². The minimum atomic E-state index is -2.96. The second-order valence-corrected chi connectivity index (χ2v) is 8.57. The molecule has 3 aromatic carbocycles. The van der Waals surface area contributed by atoms with Crippen molar-refractivity contribution in [3.63, 3.8) is 0 Å². The van der Waals surface area contributed by atoms with E-state index in [1.807, 2.05) is 38.1 Å². The molecule has 7 nitrogen and oxygen atoms in total. The third-order valence-corrected chi connectivity index (χ3v) is 5.94. The number of halogens is 2. The van der Waals surface area contributed by atoms with Crippen LogP contribution in [0.1, 0.15) is 41.8 Å². The molecule has 3 amide bonds. The molecule has 0 saturated heterocycles. The number of aromatic nitrogens is 2. The second kappa shape index (κ2) is 10.7. The second-order valence-electron chi connectivity index (χ2n) is 8.57. The molecule has 4 aromatic rings. The molecule has 0 saturated carbocycles. The Morgan fingerprint density at radius 1 is 0.973 bits per heavy atom. The van der Waals surface area contributed by atoms with Crippen molar-refractivity contribution in [3.8, 4) is 11.1 Å². The highest BCUT2D eigenvalue weighted by molar-refractivity contribution is 6.05. The number of rotatable bonds is 7. The van der Waals surface area contributed by atoms with Crippen LogP contribution < -0.4 is 16.0 Å². The van der Waals surface area contributed by atoms with E-state index in [9.17, 15) is 18.4 Å². The lowest BCUT2D eigenvalue weighted by Gasteiger charge is -2.16. The van der Waals surface area contributed by atoms with E-state index in [1.54, 1.807) is 24.4 Å². The molecule has 37 heavy (non-hydrogen) atoms. The zero-order chi connectivity index (χ0) is 26.6. The van der Waals surface area contributed by atoms with Gasteiger partial charge in [0.2, 0.25) is 5.95 Å². The molecule has 0 atom stereocenters. The first-order chi connectivity index (χ1) is 17.7. The molecule has 190 valence electrons. The molecule has 3 N–H and O–H groups in total. The van der Waals surface area contributed by atoms with Gasteiger partial charge in [-0.25, -0.2) is 23.5 Å². The normalized spacial score (nSPS) is 11.3. The molecule has 0 spiro atoms. The summed E-state index contributed by atoms with van der Waals surface area (Å²) in [6, 6.07) is 16.3. The summed E-state index contributed by atoms with van der Waals surface area (Å²) in [6.07, 6.45) is 1.30. The van der Waals surface area contributed by atoms with Gasteiger partial charge in [0.25, 0.3) is 11.8 Å². The summed E-state index contributed by atoms with van der Waals surface area (Å²) in [6.45, 7) is 5.66. The molecular formula is C28H27F2N5O2. The molecule has 0 aliphatic rings. The van der Waals surface area contributed by atoms with Crippen molar-refractivity contribution < 1.29 is 18.4 Å². The first-order valence-electron chi connectivity index (χ1n) is 11.9. The lowest BCUT2D eigenvalue weighted by molar-refractivity contribution is -0.00824. The molecule has 0 aliphatic heterocycles. The number of nitrogens with one attached hydrogen (secondary N) is 3. The smallest absolute Gasteiger partial charge is 0.321 e. The zero-order valence-electron chi connectivity index (χ0n) is 20.7. The molecule has 0 aliphatic carbocycles. The Labute approximate surface area is 213 Å². The van der Waals surface area contributed by atoms with Crippen LogP contribution in [0.25, 0.3) is 22.0 Å². The minimum Gasteiger partial charge on any atom is -0.338 e. The summed E-state index contributed by atoms with van der Waals surface area (Å²) >= 11 is 0. The van der Waals surface area contributed by atoms with Gasteiger partial charge in [-0.2, -0.15) is 0 Å². The van der Waals surface area contributed by atoms with E-state index < -0.39 is 11.8 Å². The Hall–Kier alpha value is -4.40. The van der Waals surface area contributed by atoms with Gasteiger partial charge < -0.3 is 10.6 Å². The van der Waals surface area contributed by atoms with Crippen LogP contribution in [0.5, 0.6) is 0 Å². The van der Waals surface area contributed by atoms with Gasteiger partial charge >= 0.3 is 6.03 Å². The van der Waals surface area contributed by atoms with Crippen molar-refractivity contribution in [1.29, 1.82) is 0 Å². The monoisotopic (exact) mass is 503 g/mol. The number of fused-ring (bicyclic) bond motifs is 1. The summed E-state index contributed by atoms with van der Waals surface area (Å²) < 4.78 is 28.2. The van der Waals surface area contributed by atoms with Crippen LogP contribution in [0.2, 0.25) is 0 Å². The molecule has 0 fully saturated rings. The number of carbonyl (C=O) groups is 2. The third-order valence-electron chi connectivity index (χ3n) is 5.94. The average Bonchev–Trinajstić information content (AvgIpc) is 2.89. The van der Waals surface area contributed by atoms with E-state index in [1.165, 1.54) is 25.1 Å². The van der Waals surface area contributed by atoms with Crippen molar-refractivity contribution >= 4 is 34.5 Å². The molecule has 0 bridgehead atoms. The molecular weight excluding hydrogens is 476 g/mol. The van der Waals surface area contributed by atoms with Gasteiger partial charge in [0.1, 0.15) is 0 Å². The number of urea groups is 1. The number of carbonyl (C=O) groups excluding carboxylic acids is 2. The molecule has 4 rings (SSSR count). The Balaban J connectivity index is 1.58. The summed E-state index contributed by atoms with van der Waals surface area (Å²) in [7, 11) is 0. The number of hydrogen-bond acceptors (Lipinski definition) is 4. The summed E-state index contributed by atoms with van der Waals surface area (Å²) in [5.74, 6) is -3.17. The fraction of sp³-hybridized carbons (Fsp3) is 0.214. The maximum Gasteiger partial charge on any atom is 0.321 e. The van der Waals surface area contributed by atoms with Gasteiger partial charge in [-0.05, 0) is 66.9 Å². The predicted octanol–water partition coefficient (Wildman–Crippen LogP) is 6.50. The Morgan fingerprint density at radius 3 is 2.54 bits per heavy atom. The number of benzene rings is 3. The predicted molar refractivity (Wildman–Crippen MR) is 141 cm³/mol.